The van der Waals surface area contributed by atoms with E-state index in [1.54, 1.807) is 25.1 Å². The average Bonchev–Trinajstić information content (AvgIpc) is 2.41. The second-order valence-electron chi connectivity index (χ2n) is 4.50. The number of hydrogen-bond donors (Lipinski definition) is 1. The smallest absolute Gasteiger partial charge is 0.183 e. The molecule has 0 aliphatic heterocycles. The Morgan fingerprint density at radius 1 is 1.10 bits per heavy atom. The zero-order chi connectivity index (χ0) is 14.7. The van der Waals surface area contributed by atoms with Gasteiger partial charge in [-0.05, 0) is 36.8 Å². The maximum atomic E-state index is 13.8. The van der Waals surface area contributed by atoms with Crippen molar-refractivity contribution < 1.29 is 13.5 Å². The van der Waals surface area contributed by atoms with Crippen LogP contribution in [0.1, 0.15) is 18.6 Å². The third-order valence-electron chi connectivity index (χ3n) is 2.85. The van der Waals surface area contributed by atoms with E-state index < -0.39 is 18.0 Å². The van der Waals surface area contributed by atoms with E-state index in [0.717, 1.165) is 0 Å². The largest absolute Gasteiger partial charge is 0.481 e. The van der Waals surface area contributed by atoms with E-state index in [0.29, 0.717) is 5.56 Å². The summed E-state index contributed by atoms with van der Waals surface area (Å²) >= 11 is 5.71. The number of benzene rings is 2. The van der Waals surface area contributed by atoms with Crippen LogP contribution in [0.15, 0.2) is 42.5 Å². The maximum Gasteiger partial charge on any atom is 0.183 e. The summed E-state index contributed by atoms with van der Waals surface area (Å²) in [6.45, 7) is 1.73. The fraction of sp³-hybridized carbons (Fsp3) is 0.200. The van der Waals surface area contributed by atoms with Crippen LogP contribution in [0, 0.1) is 11.6 Å². The summed E-state index contributed by atoms with van der Waals surface area (Å²) in [7, 11) is 0. The summed E-state index contributed by atoms with van der Waals surface area (Å²) in [6.07, 6.45) is -0.594. The molecule has 2 aromatic rings. The Balaban J connectivity index is 2.30. The van der Waals surface area contributed by atoms with Crippen LogP contribution in [0.4, 0.5) is 8.78 Å². The summed E-state index contributed by atoms with van der Waals surface area (Å²) in [6, 6.07) is 9.83. The second-order valence-corrected chi connectivity index (χ2v) is 4.91. The predicted octanol–water partition coefficient (Wildman–Crippen LogP) is 4.09. The predicted molar refractivity (Wildman–Crippen MR) is 74.8 cm³/mol. The monoisotopic (exact) mass is 297 g/mol. The van der Waals surface area contributed by atoms with Crippen LogP contribution >= 0.6 is 11.6 Å². The normalized spacial score (nSPS) is 13.8. The average molecular weight is 298 g/mol. The molecule has 2 unspecified atom stereocenters. The molecule has 0 amide bonds. The summed E-state index contributed by atoms with van der Waals surface area (Å²) in [5.41, 5.74) is 6.54. The molecule has 0 heterocycles. The molecule has 0 aromatic heterocycles. The zero-order valence-electron chi connectivity index (χ0n) is 10.8. The summed E-state index contributed by atoms with van der Waals surface area (Å²) < 4.78 is 32.4. The van der Waals surface area contributed by atoms with Gasteiger partial charge in [0.25, 0.3) is 0 Å². The summed E-state index contributed by atoms with van der Waals surface area (Å²) in [5.74, 6) is -0.975. The lowest BCUT2D eigenvalue weighted by atomic mass is 10.0. The Kier molecular flexibility index (Phi) is 4.57. The molecule has 0 fully saturated rings. The van der Waals surface area contributed by atoms with E-state index in [1.165, 1.54) is 24.3 Å². The molecule has 2 nitrogen and oxygen atoms in total. The number of halogens is 3. The molecule has 0 aliphatic rings. The van der Waals surface area contributed by atoms with Gasteiger partial charge in [-0.15, -0.1) is 0 Å². The topological polar surface area (TPSA) is 35.2 Å². The number of rotatable bonds is 4. The molecule has 0 saturated carbocycles. The molecule has 0 bridgehead atoms. The third-order valence-corrected chi connectivity index (χ3v) is 3.14. The zero-order valence-corrected chi connectivity index (χ0v) is 11.6. The van der Waals surface area contributed by atoms with Crippen LogP contribution in [-0.2, 0) is 0 Å². The van der Waals surface area contributed by atoms with Crippen LogP contribution in [0.2, 0.25) is 5.02 Å². The minimum Gasteiger partial charge on any atom is -0.481 e. The molecule has 5 heteroatoms. The SMILES string of the molecule is CC(N)C(Oc1cccc(Cl)c1F)c1ccc(F)cc1. The van der Waals surface area contributed by atoms with Crippen molar-refractivity contribution in [1.82, 2.24) is 0 Å². The van der Waals surface area contributed by atoms with E-state index >= 15 is 0 Å². The minimum atomic E-state index is -0.637. The van der Waals surface area contributed by atoms with Gasteiger partial charge in [0.15, 0.2) is 11.6 Å². The number of hydrogen-bond acceptors (Lipinski definition) is 2. The molecule has 106 valence electrons. The van der Waals surface area contributed by atoms with Crippen molar-refractivity contribution in [2.45, 2.75) is 19.1 Å². The molecule has 0 saturated heterocycles. The van der Waals surface area contributed by atoms with Gasteiger partial charge in [-0.3, -0.25) is 0 Å². The van der Waals surface area contributed by atoms with Crippen molar-refractivity contribution in [3.8, 4) is 5.75 Å². The highest BCUT2D eigenvalue weighted by molar-refractivity contribution is 6.30. The van der Waals surface area contributed by atoms with Gasteiger partial charge in [-0.25, -0.2) is 8.78 Å². The van der Waals surface area contributed by atoms with E-state index in [4.69, 9.17) is 22.1 Å². The summed E-state index contributed by atoms with van der Waals surface area (Å²) in [4.78, 5) is 0. The first-order chi connectivity index (χ1) is 9.49. The molecule has 0 radical (unpaired) electrons. The quantitative estimate of drug-likeness (QED) is 0.922. The van der Waals surface area contributed by atoms with Gasteiger partial charge in [0.2, 0.25) is 0 Å². The van der Waals surface area contributed by atoms with Crippen LogP contribution in [0.25, 0.3) is 0 Å². The van der Waals surface area contributed by atoms with Gasteiger partial charge >= 0.3 is 0 Å². The number of nitrogens with two attached hydrogens (primary N) is 1. The van der Waals surface area contributed by atoms with E-state index in [2.05, 4.69) is 0 Å². The lowest BCUT2D eigenvalue weighted by Crippen LogP contribution is -2.29. The van der Waals surface area contributed by atoms with Crippen molar-refractivity contribution in [2.24, 2.45) is 5.73 Å². The van der Waals surface area contributed by atoms with Crippen molar-refractivity contribution in [3.05, 3.63) is 64.7 Å². The minimum absolute atomic E-state index is 0.0177. The van der Waals surface area contributed by atoms with E-state index in [1.807, 2.05) is 0 Å². The molecule has 2 aromatic carbocycles. The highest BCUT2D eigenvalue weighted by Gasteiger charge is 2.20. The maximum absolute atomic E-state index is 13.8. The van der Waals surface area contributed by atoms with Crippen molar-refractivity contribution in [2.75, 3.05) is 0 Å². The Bertz CT molecular complexity index is 587. The first-order valence-corrected chi connectivity index (χ1v) is 6.48. The fourth-order valence-electron chi connectivity index (χ4n) is 1.84. The second kappa shape index (κ2) is 6.20. The van der Waals surface area contributed by atoms with Gasteiger partial charge in [0, 0.05) is 6.04 Å². The van der Waals surface area contributed by atoms with Crippen LogP contribution in [0.3, 0.4) is 0 Å². The lowest BCUT2D eigenvalue weighted by molar-refractivity contribution is 0.172. The standard InChI is InChI=1S/C15H14ClF2NO/c1-9(19)15(10-5-7-11(17)8-6-10)20-13-4-2-3-12(16)14(13)18/h2-9,15H,19H2,1H3. The Morgan fingerprint density at radius 2 is 1.75 bits per heavy atom. The van der Waals surface area contributed by atoms with Gasteiger partial charge < -0.3 is 10.5 Å². The Labute approximate surface area is 121 Å². The first kappa shape index (κ1) is 14.8. The van der Waals surface area contributed by atoms with Crippen molar-refractivity contribution in [1.29, 1.82) is 0 Å². The molecular weight excluding hydrogens is 284 g/mol. The molecule has 2 rings (SSSR count). The van der Waals surface area contributed by atoms with Gasteiger partial charge in [0.1, 0.15) is 11.9 Å². The molecule has 20 heavy (non-hydrogen) atoms. The van der Waals surface area contributed by atoms with Gasteiger partial charge in [-0.2, -0.15) is 0 Å². The van der Waals surface area contributed by atoms with Gasteiger partial charge in [-0.1, -0.05) is 29.8 Å². The van der Waals surface area contributed by atoms with E-state index in [-0.39, 0.29) is 16.6 Å². The first-order valence-electron chi connectivity index (χ1n) is 6.10. The van der Waals surface area contributed by atoms with Crippen molar-refractivity contribution in [3.63, 3.8) is 0 Å². The Morgan fingerprint density at radius 3 is 2.35 bits per heavy atom. The summed E-state index contributed by atoms with van der Waals surface area (Å²) in [5, 5.41) is -0.0231. The third kappa shape index (κ3) is 3.26. The highest BCUT2D eigenvalue weighted by Crippen LogP contribution is 2.29. The van der Waals surface area contributed by atoms with Crippen LogP contribution in [-0.4, -0.2) is 6.04 Å². The number of ether oxygens (including phenoxy) is 1. The van der Waals surface area contributed by atoms with Gasteiger partial charge in [0.05, 0.1) is 5.02 Å². The molecule has 2 atom stereocenters. The van der Waals surface area contributed by atoms with Crippen LogP contribution in [0.5, 0.6) is 5.75 Å². The molecular formula is C15H14ClF2NO. The molecule has 0 spiro atoms. The van der Waals surface area contributed by atoms with Crippen LogP contribution < -0.4 is 10.5 Å². The Hall–Kier alpha value is -1.65. The molecule has 0 aliphatic carbocycles. The molecule has 2 N–H and O–H groups in total. The van der Waals surface area contributed by atoms with E-state index in [9.17, 15) is 8.78 Å². The highest BCUT2D eigenvalue weighted by atomic mass is 35.5. The van der Waals surface area contributed by atoms with Crippen molar-refractivity contribution >= 4 is 11.6 Å². The lowest BCUT2D eigenvalue weighted by Gasteiger charge is -2.23. The fourth-order valence-corrected chi connectivity index (χ4v) is 2.01.